The number of nitrogens with zero attached hydrogens (tertiary/aromatic N) is 2. The SMILES string of the molecule is CCC1(CC)C(=O)NC(=O)N(C)C1=O.CCC1(c2ccccc2)C(=O)NC(=O)N(C)C1=O. The third kappa shape index (κ3) is 3.76. The Balaban J connectivity index is 0.000000235. The van der Waals surface area contributed by atoms with Gasteiger partial charge < -0.3 is 0 Å². The highest BCUT2D eigenvalue weighted by Crippen LogP contribution is 2.33. The molecule has 0 bridgehead atoms. The van der Waals surface area contributed by atoms with Gasteiger partial charge in [-0.05, 0) is 24.8 Å². The third-order valence-electron chi connectivity index (χ3n) is 6.26. The molecule has 0 aromatic heterocycles. The number of rotatable bonds is 4. The lowest BCUT2D eigenvalue weighted by atomic mass is 9.75. The summed E-state index contributed by atoms with van der Waals surface area (Å²) in [6.07, 6.45) is 1.12. The predicted molar refractivity (Wildman–Crippen MR) is 114 cm³/mol. The standard InChI is InChI=1S/C13H14N2O3.C9H14N2O3/c1-3-13(9-7-5-4-6-8-9)10(16)14-12(18)15(2)11(13)17;1-4-9(5-2)6(12)10-8(14)11(3)7(9)13/h4-8H,3H2,1-2H3,(H,14,16,18);4-5H2,1-3H3,(H,10,12,14). The Morgan fingerprint density at radius 1 is 0.688 bits per heavy atom. The molecular formula is C22H28N4O6. The lowest BCUT2D eigenvalue weighted by molar-refractivity contribution is -0.151. The molecule has 1 atom stereocenters. The first-order valence-electron chi connectivity index (χ1n) is 10.4. The van der Waals surface area contributed by atoms with E-state index in [1.807, 2.05) is 6.07 Å². The molecule has 0 radical (unpaired) electrons. The quantitative estimate of drug-likeness (QED) is 0.677. The second kappa shape index (κ2) is 9.29. The summed E-state index contributed by atoms with van der Waals surface area (Å²) in [5.74, 6) is -1.92. The first-order valence-corrected chi connectivity index (χ1v) is 10.4. The summed E-state index contributed by atoms with van der Waals surface area (Å²) in [6, 6.07) is 7.48. The minimum atomic E-state index is -1.30. The Hall–Kier alpha value is -3.56. The van der Waals surface area contributed by atoms with Crippen molar-refractivity contribution in [3.63, 3.8) is 0 Å². The maximum atomic E-state index is 12.3. The normalized spacial score (nSPS) is 22.8. The molecule has 32 heavy (non-hydrogen) atoms. The van der Waals surface area contributed by atoms with Crippen molar-refractivity contribution in [2.24, 2.45) is 5.41 Å². The molecule has 10 nitrogen and oxygen atoms in total. The van der Waals surface area contributed by atoms with Crippen molar-refractivity contribution in [2.75, 3.05) is 14.1 Å². The number of hydrogen-bond acceptors (Lipinski definition) is 6. The molecule has 2 aliphatic rings. The zero-order chi connectivity index (χ0) is 24.3. The maximum absolute atomic E-state index is 12.3. The summed E-state index contributed by atoms with van der Waals surface area (Å²) >= 11 is 0. The number of imide groups is 4. The molecule has 2 heterocycles. The summed E-state index contributed by atoms with van der Waals surface area (Å²) in [6.45, 7) is 5.29. The molecule has 0 aliphatic carbocycles. The van der Waals surface area contributed by atoms with Gasteiger partial charge in [0.1, 0.15) is 5.41 Å². The van der Waals surface area contributed by atoms with Crippen LogP contribution in [0.1, 0.15) is 45.6 Å². The van der Waals surface area contributed by atoms with E-state index in [2.05, 4.69) is 10.6 Å². The Morgan fingerprint density at radius 3 is 1.62 bits per heavy atom. The van der Waals surface area contributed by atoms with E-state index < -0.39 is 46.5 Å². The zero-order valence-electron chi connectivity index (χ0n) is 18.9. The van der Waals surface area contributed by atoms with Crippen LogP contribution < -0.4 is 10.6 Å². The average molecular weight is 444 g/mol. The van der Waals surface area contributed by atoms with Crippen LogP contribution in [0.3, 0.4) is 0 Å². The number of benzene rings is 1. The van der Waals surface area contributed by atoms with Crippen LogP contribution in [0.4, 0.5) is 9.59 Å². The molecule has 8 amide bonds. The van der Waals surface area contributed by atoms with Crippen molar-refractivity contribution < 1.29 is 28.8 Å². The van der Waals surface area contributed by atoms with Gasteiger partial charge in [0.25, 0.3) is 5.91 Å². The molecule has 0 spiro atoms. The van der Waals surface area contributed by atoms with Crippen LogP contribution in [0.25, 0.3) is 0 Å². The molecule has 2 saturated heterocycles. The lowest BCUT2D eigenvalue weighted by Crippen LogP contribution is -2.64. The summed E-state index contributed by atoms with van der Waals surface area (Å²) < 4.78 is 0. The van der Waals surface area contributed by atoms with E-state index in [9.17, 15) is 28.8 Å². The molecule has 172 valence electrons. The van der Waals surface area contributed by atoms with E-state index in [0.29, 0.717) is 24.8 Å². The molecule has 1 aromatic carbocycles. The van der Waals surface area contributed by atoms with Crippen LogP contribution >= 0.6 is 0 Å². The molecule has 1 aromatic rings. The fraction of sp³-hybridized carbons (Fsp3) is 0.455. The summed E-state index contributed by atoms with van der Waals surface area (Å²) in [5, 5.41) is 4.41. The van der Waals surface area contributed by atoms with Gasteiger partial charge in [-0.3, -0.25) is 39.6 Å². The Kier molecular flexibility index (Phi) is 7.17. The molecular weight excluding hydrogens is 416 g/mol. The van der Waals surface area contributed by atoms with Crippen LogP contribution in [0, 0.1) is 5.41 Å². The first kappa shape index (κ1) is 24.7. The van der Waals surface area contributed by atoms with Gasteiger partial charge in [-0.15, -0.1) is 0 Å². The molecule has 0 saturated carbocycles. The highest BCUT2D eigenvalue weighted by molar-refractivity contribution is 6.22. The number of nitrogens with one attached hydrogen (secondary N) is 2. The maximum Gasteiger partial charge on any atom is 0.330 e. The number of barbiturate groups is 2. The topological polar surface area (TPSA) is 133 Å². The highest BCUT2D eigenvalue weighted by Gasteiger charge is 2.53. The summed E-state index contributed by atoms with van der Waals surface area (Å²) in [5.41, 5.74) is -1.75. The first-order chi connectivity index (χ1) is 15.0. The second-order valence-electron chi connectivity index (χ2n) is 7.66. The third-order valence-corrected chi connectivity index (χ3v) is 6.26. The van der Waals surface area contributed by atoms with Crippen molar-refractivity contribution in [3.8, 4) is 0 Å². The molecule has 2 N–H and O–H groups in total. The van der Waals surface area contributed by atoms with Crippen molar-refractivity contribution in [1.82, 2.24) is 20.4 Å². The highest BCUT2D eigenvalue weighted by atomic mass is 16.2. The fourth-order valence-corrected chi connectivity index (χ4v) is 3.94. The van der Waals surface area contributed by atoms with Gasteiger partial charge in [0.15, 0.2) is 5.41 Å². The van der Waals surface area contributed by atoms with E-state index >= 15 is 0 Å². The molecule has 1 unspecified atom stereocenters. The number of urea groups is 2. The Morgan fingerprint density at radius 2 is 1.16 bits per heavy atom. The van der Waals surface area contributed by atoms with Crippen molar-refractivity contribution in [3.05, 3.63) is 35.9 Å². The molecule has 3 rings (SSSR count). The smallest absolute Gasteiger partial charge is 0.277 e. The monoisotopic (exact) mass is 444 g/mol. The number of carbonyl (C=O) groups excluding carboxylic acids is 6. The summed E-state index contributed by atoms with van der Waals surface area (Å²) in [4.78, 5) is 72.3. The predicted octanol–water partition coefficient (Wildman–Crippen LogP) is 1.54. The van der Waals surface area contributed by atoms with Gasteiger partial charge >= 0.3 is 12.1 Å². The minimum Gasteiger partial charge on any atom is -0.277 e. The van der Waals surface area contributed by atoms with Gasteiger partial charge in [0, 0.05) is 14.1 Å². The van der Waals surface area contributed by atoms with Crippen LogP contribution in [0.5, 0.6) is 0 Å². The number of amides is 8. The molecule has 2 fully saturated rings. The van der Waals surface area contributed by atoms with E-state index in [4.69, 9.17) is 0 Å². The van der Waals surface area contributed by atoms with Crippen LogP contribution in [0.2, 0.25) is 0 Å². The van der Waals surface area contributed by atoms with Crippen LogP contribution in [-0.4, -0.2) is 59.6 Å². The number of likely N-dealkylation sites (N-methyl/N-ethyl adjacent to an activating group) is 1. The van der Waals surface area contributed by atoms with Crippen LogP contribution in [0.15, 0.2) is 30.3 Å². The molecule has 10 heteroatoms. The van der Waals surface area contributed by atoms with Gasteiger partial charge in [0.05, 0.1) is 0 Å². The van der Waals surface area contributed by atoms with Crippen molar-refractivity contribution in [1.29, 1.82) is 0 Å². The van der Waals surface area contributed by atoms with Crippen molar-refractivity contribution >= 4 is 35.7 Å². The number of hydrogen-bond donors (Lipinski definition) is 2. The minimum absolute atomic E-state index is 0.305. The number of carbonyl (C=O) groups is 6. The van der Waals surface area contributed by atoms with Gasteiger partial charge in [0.2, 0.25) is 17.7 Å². The molecule has 2 aliphatic heterocycles. The fourth-order valence-electron chi connectivity index (χ4n) is 3.94. The van der Waals surface area contributed by atoms with E-state index in [0.717, 1.165) is 9.80 Å². The van der Waals surface area contributed by atoms with Crippen LogP contribution in [-0.2, 0) is 24.6 Å². The summed E-state index contributed by atoms with van der Waals surface area (Å²) in [7, 11) is 2.75. The second-order valence-corrected chi connectivity index (χ2v) is 7.66. The van der Waals surface area contributed by atoms with Crippen molar-refractivity contribution in [2.45, 2.75) is 45.4 Å². The Bertz CT molecular complexity index is 956. The Labute approximate surface area is 186 Å². The van der Waals surface area contributed by atoms with Gasteiger partial charge in [-0.2, -0.15) is 0 Å². The largest absolute Gasteiger partial charge is 0.330 e. The van der Waals surface area contributed by atoms with Gasteiger partial charge in [-0.25, -0.2) is 9.59 Å². The van der Waals surface area contributed by atoms with E-state index in [1.54, 1.807) is 45.0 Å². The average Bonchev–Trinajstić information content (AvgIpc) is 2.79. The van der Waals surface area contributed by atoms with E-state index in [-0.39, 0.29) is 0 Å². The van der Waals surface area contributed by atoms with E-state index in [1.165, 1.54) is 14.1 Å². The lowest BCUT2D eigenvalue weighted by Gasteiger charge is -2.37. The zero-order valence-corrected chi connectivity index (χ0v) is 18.9. The van der Waals surface area contributed by atoms with Gasteiger partial charge in [-0.1, -0.05) is 51.1 Å².